The molecule has 0 saturated heterocycles. The van der Waals surface area contributed by atoms with Crippen molar-refractivity contribution in [3.8, 4) is 11.5 Å². The van der Waals surface area contributed by atoms with Crippen LogP contribution in [0.2, 0.25) is 0 Å². The minimum atomic E-state index is -0.0575. The van der Waals surface area contributed by atoms with Crippen LogP contribution in [0, 0.1) is 0 Å². The van der Waals surface area contributed by atoms with Crippen molar-refractivity contribution in [1.29, 1.82) is 0 Å². The minimum Gasteiger partial charge on any atom is -0.504 e. The Bertz CT molecular complexity index is 407. The lowest BCUT2D eigenvalue weighted by Gasteiger charge is -2.17. The van der Waals surface area contributed by atoms with E-state index in [1.807, 2.05) is 31.0 Å². The lowest BCUT2D eigenvalue weighted by atomic mass is 10.1. The number of para-hydroxylation sites is 1. The molecule has 5 nitrogen and oxygen atoms in total. The minimum absolute atomic E-state index is 0.0575. The highest BCUT2D eigenvalue weighted by Gasteiger charge is 2.11. The van der Waals surface area contributed by atoms with E-state index in [2.05, 4.69) is 5.32 Å². The van der Waals surface area contributed by atoms with Crippen LogP contribution < -0.4 is 10.1 Å². The fraction of sp³-hybridized carbons (Fsp3) is 0.462. The molecule has 1 amide bonds. The second-order valence-corrected chi connectivity index (χ2v) is 4.04. The Morgan fingerprint density at radius 3 is 2.83 bits per heavy atom. The number of hydrogen-bond donors (Lipinski definition) is 2. The molecule has 0 saturated carbocycles. The molecule has 1 aromatic rings. The number of phenols is 1. The van der Waals surface area contributed by atoms with E-state index >= 15 is 0 Å². The average molecular weight is 252 g/mol. The number of ether oxygens (including phenoxy) is 1. The van der Waals surface area contributed by atoms with E-state index < -0.39 is 0 Å². The summed E-state index contributed by atoms with van der Waals surface area (Å²) in [4.78, 5) is 13.0. The van der Waals surface area contributed by atoms with Crippen LogP contribution in [-0.2, 0) is 11.3 Å². The number of benzene rings is 1. The predicted octanol–water partition coefficient (Wildman–Crippen LogP) is 0.969. The molecule has 0 aliphatic carbocycles. The number of hydrogen-bond acceptors (Lipinski definition) is 4. The SMILES string of the molecule is CCOc1cccc(CN(C)CC(=O)NC)c1O. The zero-order valence-electron chi connectivity index (χ0n) is 11.1. The number of carbonyl (C=O) groups is 1. The maximum absolute atomic E-state index is 11.2. The largest absolute Gasteiger partial charge is 0.504 e. The highest BCUT2D eigenvalue weighted by Crippen LogP contribution is 2.30. The zero-order chi connectivity index (χ0) is 13.5. The highest BCUT2D eigenvalue weighted by molar-refractivity contribution is 5.77. The normalized spacial score (nSPS) is 10.4. The number of carbonyl (C=O) groups excluding carboxylic acids is 1. The van der Waals surface area contributed by atoms with Crippen LogP contribution in [0.4, 0.5) is 0 Å². The second kappa shape index (κ2) is 6.86. The van der Waals surface area contributed by atoms with Crippen molar-refractivity contribution in [2.75, 3.05) is 27.2 Å². The van der Waals surface area contributed by atoms with Gasteiger partial charge in [-0.15, -0.1) is 0 Å². The van der Waals surface area contributed by atoms with Gasteiger partial charge >= 0.3 is 0 Å². The number of rotatable bonds is 6. The molecule has 1 aromatic carbocycles. The van der Waals surface area contributed by atoms with Gasteiger partial charge in [-0.05, 0) is 20.0 Å². The fourth-order valence-electron chi connectivity index (χ4n) is 1.64. The first kappa shape index (κ1) is 14.3. The van der Waals surface area contributed by atoms with Crippen LogP contribution in [0.5, 0.6) is 11.5 Å². The van der Waals surface area contributed by atoms with Gasteiger partial charge in [-0.1, -0.05) is 12.1 Å². The number of amides is 1. The Morgan fingerprint density at radius 2 is 2.22 bits per heavy atom. The quantitative estimate of drug-likeness (QED) is 0.792. The Kier molecular flexibility index (Phi) is 5.45. The fourth-order valence-corrected chi connectivity index (χ4v) is 1.64. The Labute approximate surface area is 107 Å². The van der Waals surface area contributed by atoms with E-state index in [1.54, 1.807) is 13.1 Å². The van der Waals surface area contributed by atoms with Crippen molar-refractivity contribution in [3.63, 3.8) is 0 Å². The highest BCUT2D eigenvalue weighted by atomic mass is 16.5. The molecule has 0 aromatic heterocycles. The number of likely N-dealkylation sites (N-methyl/N-ethyl adjacent to an activating group) is 2. The van der Waals surface area contributed by atoms with Gasteiger partial charge in [-0.3, -0.25) is 9.69 Å². The smallest absolute Gasteiger partial charge is 0.233 e. The molecular formula is C13H20N2O3. The second-order valence-electron chi connectivity index (χ2n) is 4.04. The summed E-state index contributed by atoms with van der Waals surface area (Å²) in [5.41, 5.74) is 0.743. The summed E-state index contributed by atoms with van der Waals surface area (Å²) in [6, 6.07) is 5.37. The molecular weight excluding hydrogens is 232 g/mol. The first-order chi connectivity index (χ1) is 8.58. The maximum atomic E-state index is 11.2. The van der Waals surface area contributed by atoms with Gasteiger partial charge in [0.1, 0.15) is 0 Å². The summed E-state index contributed by atoms with van der Waals surface area (Å²) >= 11 is 0. The molecule has 0 fully saturated rings. The topological polar surface area (TPSA) is 61.8 Å². The monoisotopic (exact) mass is 252 g/mol. The summed E-state index contributed by atoms with van der Waals surface area (Å²) in [5, 5.41) is 12.6. The van der Waals surface area contributed by atoms with Gasteiger partial charge in [0.2, 0.25) is 5.91 Å². The van der Waals surface area contributed by atoms with Crippen molar-refractivity contribution in [2.24, 2.45) is 0 Å². The molecule has 0 unspecified atom stereocenters. The van der Waals surface area contributed by atoms with Crippen LogP contribution in [0.15, 0.2) is 18.2 Å². The molecule has 0 aliphatic heterocycles. The lowest BCUT2D eigenvalue weighted by molar-refractivity contribution is -0.121. The van der Waals surface area contributed by atoms with Crippen molar-refractivity contribution < 1.29 is 14.6 Å². The first-order valence-corrected chi connectivity index (χ1v) is 5.91. The lowest BCUT2D eigenvalue weighted by Crippen LogP contribution is -2.32. The van der Waals surface area contributed by atoms with Crippen LogP contribution >= 0.6 is 0 Å². The van der Waals surface area contributed by atoms with Crippen molar-refractivity contribution >= 4 is 5.91 Å². The summed E-state index contributed by atoms with van der Waals surface area (Å²) in [7, 11) is 3.42. The van der Waals surface area contributed by atoms with Crippen LogP contribution in [0.25, 0.3) is 0 Å². The molecule has 5 heteroatoms. The molecule has 1 rings (SSSR count). The van der Waals surface area contributed by atoms with Gasteiger partial charge < -0.3 is 15.2 Å². The van der Waals surface area contributed by atoms with Crippen LogP contribution in [0.3, 0.4) is 0 Å². The molecule has 0 heterocycles. The average Bonchev–Trinajstić information content (AvgIpc) is 2.34. The summed E-state index contributed by atoms with van der Waals surface area (Å²) in [6.45, 7) is 3.14. The molecule has 100 valence electrons. The number of nitrogens with zero attached hydrogens (tertiary/aromatic N) is 1. The Balaban J connectivity index is 2.72. The van der Waals surface area contributed by atoms with E-state index in [1.165, 1.54) is 0 Å². The molecule has 2 N–H and O–H groups in total. The summed E-state index contributed by atoms with van der Waals surface area (Å²) in [5.74, 6) is 0.560. The van der Waals surface area contributed by atoms with E-state index in [0.29, 0.717) is 18.9 Å². The van der Waals surface area contributed by atoms with E-state index in [-0.39, 0.29) is 18.2 Å². The number of nitrogens with one attached hydrogen (secondary N) is 1. The molecule has 0 radical (unpaired) electrons. The standard InChI is InChI=1S/C13H20N2O3/c1-4-18-11-7-5-6-10(13(11)17)8-15(3)9-12(16)14-2/h5-7,17H,4,8-9H2,1-3H3,(H,14,16). The molecule has 0 bridgehead atoms. The number of aromatic hydroxyl groups is 1. The van der Waals surface area contributed by atoms with Gasteiger partial charge in [0.15, 0.2) is 11.5 Å². The van der Waals surface area contributed by atoms with Gasteiger partial charge in [-0.25, -0.2) is 0 Å². The van der Waals surface area contributed by atoms with Crippen molar-refractivity contribution in [3.05, 3.63) is 23.8 Å². The number of phenolic OH excluding ortho intramolecular Hbond substituents is 1. The van der Waals surface area contributed by atoms with Crippen LogP contribution in [-0.4, -0.2) is 43.2 Å². The molecule has 18 heavy (non-hydrogen) atoms. The predicted molar refractivity (Wildman–Crippen MR) is 69.7 cm³/mol. The van der Waals surface area contributed by atoms with E-state index in [0.717, 1.165) is 5.56 Å². The Morgan fingerprint density at radius 1 is 1.50 bits per heavy atom. The van der Waals surface area contributed by atoms with Gasteiger partial charge in [0.05, 0.1) is 13.2 Å². The van der Waals surface area contributed by atoms with Gasteiger partial charge in [0.25, 0.3) is 0 Å². The van der Waals surface area contributed by atoms with Crippen LogP contribution in [0.1, 0.15) is 12.5 Å². The molecule has 0 atom stereocenters. The first-order valence-electron chi connectivity index (χ1n) is 5.91. The summed E-state index contributed by atoms with van der Waals surface area (Å²) < 4.78 is 5.31. The third-order valence-corrected chi connectivity index (χ3v) is 2.52. The zero-order valence-corrected chi connectivity index (χ0v) is 11.1. The van der Waals surface area contributed by atoms with Gasteiger partial charge in [-0.2, -0.15) is 0 Å². The Hall–Kier alpha value is -1.75. The van der Waals surface area contributed by atoms with E-state index in [9.17, 15) is 9.90 Å². The molecule has 0 aliphatic rings. The molecule has 0 spiro atoms. The summed E-state index contributed by atoms with van der Waals surface area (Å²) in [6.07, 6.45) is 0. The van der Waals surface area contributed by atoms with Crippen molar-refractivity contribution in [2.45, 2.75) is 13.5 Å². The van der Waals surface area contributed by atoms with Gasteiger partial charge in [0, 0.05) is 19.2 Å². The maximum Gasteiger partial charge on any atom is 0.233 e. The third kappa shape index (κ3) is 3.92. The van der Waals surface area contributed by atoms with E-state index in [4.69, 9.17) is 4.74 Å². The third-order valence-electron chi connectivity index (χ3n) is 2.52. The van der Waals surface area contributed by atoms with Crippen molar-refractivity contribution in [1.82, 2.24) is 10.2 Å².